The van der Waals surface area contributed by atoms with Gasteiger partial charge in [-0.3, -0.25) is 10.1 Å². The summed E-state index contributed by atoms with van der Waals surface area (Å²) in [6, 6.07) is 29.0. The van der Waals surface area contributed by atoms with E-state index in [-0.39, 0.29) is 11.4 Å². The summed E-state index contributed by atoms with van der Waals surface area (Å²) in [4.78, 5) is 12.9. The van der Waals surface area contributed by atoms with Gasteiger partial charge >= 0.3 is 0 Å². The molecule has 4 aromatic rings. The van der Waals surface area contributed by atoms with Crippen molar-refractivity contribution in [3.05, 3.63) is 96.1 Å². The summed E-state index contributed by atoms with van der Waals surface area (Å²) < 4.78 is 11.9. The van der Waals surface area contributed by atoms with Crippen molar-refractivity contribution in [2.45, 2.75) is 32.8 Å². The first-order valence-electron chi connectivity index (χ1n) is 11.2. The molecule has 0 radical (unpaired) electrons. The predicted octanol–water partition coefficient (Wildman–Crippen LogP) is 7.01. The number of carbonyl (C=O) groups excluding carboxylic acids is 1. The average Bonchev–Trinajstić information content (AvgIpc) is 3.23. The van der Waals surface area contributed by atoms with E-state index in [1.54, 1.807) is 6.92 Å². The van der Waals surface area contributed by atoms with Crippen LogP contribution >= 0.6 is 0 Å². The molecular formula is C29H26N2O3. The maximum atomic E-state index is 12.9. The SMILES string of the molecule is CC(Oc1ccc(C(C)C)cc1)C(=O)Nc1oc(-c2ccccc2)c(-c2ccccc2)c1C#N. The average molecular weight is 451 g/mol. The first kappa shape index (κ1) is 22.9. The summed E-state index contributed by atoms with van der Waals surface area (Å²) >= 11 is 0. The van der Waals surface area contributed by atoms with Crippen LogP contribution in [0.15, 0.2) is 89.3 Å². The second-order valence-electron chi connectivity index (χ2n) is 8.33. The van der Waals surface area contributed by atoms with Gasteiger partial charge in [0.05, 0.1) is 0 Å². The molecule has 0 aliphatic carbocycles. The van der Waals surface area contributed by atoms with Crippen LogP contribution in [0.25, 0.3) is 22.5 Å². The van der Waals surface area contributed by atoms with E-state index < -0.39 is 12.0 Å². The first-order chi connectivity index (χ1) is 16.5. The Morgan fingerprint density at radius 1 is 0.882 bits per heavy atom. The van der Waals surface area contributed by atoms with Crippen LogP contribution in [0, 0.1) is 11.3 Å². The Labute approximate surface area is 199 Å². The molecule has 0 saturated carbocycles. The van der Waals surface area contributed by atoms with Gasteiger partial charge in [0.1, 0.15) is 23.1 Å². The van der Waals surface area contributed by atoms with Crippen molar-refractivity contribution in [2.75, 3.05) is 5.32 Å². The van der Waals surface area contributed by atoms with Gasteiger partial charge < -0.3 is 9.15 Å². The number of nitrogens with one attached hydrogen (secondary N) is 1. The standard InChI is InChI=1S/C29H26N2O3/c1-19(2)21-14-16-24(17-15-21)33-20(3)28(32)31-29-25(18-30)26(22-10-6-4-7-11-22)27(34-29)23-12-8-5-9-13-23/h4-17,19-20H,1-3H3,(H,31,32). The molecule has 1 atom stereocenters. The molecule has 0 aliphatic rings. The molecule has 4 rings (SSSR count). The summed E-state index contributed by atoms with van der Waals surface area (Å²) in [5, 5.41) is 12.7. The fraction of sp³-hybridized carbons (Fsp3) is 0.172. The van der Waals surface area contributed by atoms with Crippen LogP contribution < -0.4 is 10.1 Å². The smallest absolute Gasteiger partial charge is 0.267 e. The second-order valence-corrected chi connectivity index (χ2v) is 8.33. The molecule has 0 aliphatic heterocycles. The van der Waals surface area contributed by atoms with Crippen LogP contribution in [0.5, 0.6) is 5.75 Å². The predicted molar refractivity (Wildman–Crippen MR) is 134 cm³/mol. The van der Waals surface area contributed by atoms with E-state index in [9.17, 15) is 10.1 Å². The van der Waals surface area contributed by atoms with E-state index in [1.807, 2.05) is 84.9 Å². The summed E-state index contributed by atoms with van der Waals surface area (Å²) in [7, 11) is 0. The Kier molecular flexibility index (Phi) is 6.79. The van der Waals surface area contributed by atoms with Gasteiger partial charge in [-0.05, 0) is 36.1 Å². The second kappa shape index (κ2) is 10.1. The molecule has 170 valence electrons. The number of hydrogen-bond donors (Lipinski definition) is 1. The number of rotatable bonds is 7. The fourth-order valence-electron chi connectivity index (χ4n) is 3.70. The van der Waals surface area contributed by atoms with Gasteiger partial charge in [0, 0.05) is 11.1 Å². The summed E-state index contributed by atoms with van der Waals surface area (Å²) in [5.41, 5.74) is 3.75. The van der Waals surface area contributed by atoms with Crippen LogP contribution in [-0.2, 0) is 4.79 Å². The van der Waals surface area contributed by atoms with E-state index in [1.165, 1.54) is 5.56 Å². The molecule has 1 amide bonds. The molecule has 34 heavy (non-hydrogen) atoms. The summed E-state index contributed by atoms with van der Waals surface area (Å²) in [6.45, 7) is 5.90. The van der Waals surface area contributed by atoms with Crippen LogP contribution in [0.3, 0.4) is 0 Å². The molecule has 1 heterocycles. The lowest BCUT2D eigenvalue weighted by molar-refractivity contribution is -0.122. The lowest BCUT2D eigenvalue weighted by atomic mass is 9.98. The van der Waals surface area contributed by atoms with Crippen molar-refractivity contribution >= 4 is 11.8 Å². The van der Waals surface area contributed by atoms with Gasteiger partial charge in [0.2, 0.25) is 5.88 Å². The molecule has 1 unspecified atom stereocenters. The highest BCUT2D eigenvalue weighted by Crippen LogP contribution is 2.41. The molecule has 0 spiro atoms. The number of ether oxygens (including phenoxy) is 1. The van der Waals surface area contributed by atoms with E-state index in [2.05, 4.69) is 25.2 Å². The minimum Gasteiger partial charge on any atom is -0.481 e. The first-order valence-corrected chi connectivity index (χ1v) is 11.2. The Bertz CT molecular complexity index is 1300. The van der Waals surface area contributed by atoms with E-state index in [0.29, 0.717) is 23.0 Å². The van der Waals surface area contributed by atoms with Gasteiger partial charge in [0.25, 0.3) is 5.91 Å². The number of hydrogen-bond acceptors (Lipinski definition) is 4. The highest BCUT2D eigenvalue weighted by molar-refractivity contribution is 5.97. The lowest BCUT2D eigenvalue weighted by Crippen LogP contribution is -2.30. The highest BCUT2D eigenvalue weighted by atomic mass is 16.5. The van der Waals surface area contributed by atoms with Gasteiger partial charge in [0.15, 0.2) is 6.10 Å². The number of benzene rings is 3. The van der Waals surface area contributed by atoms with Crippen LogP contribution in [0.4, 0.5) is 5.88 Å². The van der Waals surface area contributed by atoms with Crippen molar-refractivity contribution in [1.82, 2.24) is 0 Å². The summed E-state index contributed by atoms with van der Waals surface area (Å²) in [6.07, 6.45) is -0.790. The number of nitrogens with zero attached hydrogens (tertiary/aromatic N) is 1. The fourth-order valence-corrected chi connectivity index (χ4v) is 3.70. The Morgan fingerprint density at radius 3 is 2.03 bits per heavy atom. The largest absolute Gasteiger partial charge is 0.481 e. The van der Waals surface area contributed by atoms with E-state index in [4.69, 9.17) is 9.15 Å². The van der Waals surface area contributed by atoms with Gasteiger partial charge in [-0.15, -0.1) is 0 Å². The molecule has 3 aromatic carbocycles. The zero-order valence-electron chi connectivity index (χ0n) is 19.4. The zero-order valence-corrected chi connectivity index (χ0v) is 19.4. The van der Waals surface area contributed by atoms with Crippen LogP contribution in [0.1, 0.15) is 37.8 Å². The van der Waals surface area contributed by atoms with Crippen molar-refractivity contribution < 1.29 is 13.9 Å². The zero-order chi connectivity index (χ0) is 24.1. The molecule has 5 heteroatoms. The topological polar surface area (TPSA) is 75.3 Å². The van der Waals surface area contributed by atoms with Crippen molar-refractivity contribution in [3.8, 4) is 34.3 Å². The van der Waals surface area contributed by atoms with E-state index >= 15 is 0 Å². The third-order valence-corrected chi connectivity index (χ3v) is 5.58. The minimum atomic E-state index is -0.790. The third kappa shape index (κ3) is 4.87. The van der Waals surface area contributed by atoms with Gasteiger partial charge in [-0.1, -0.05) is 86.6 Å². The van der Waals surface area contributed by atoms with Crippen molar-refractivity contribution in [3.63, 3.8) is 0 Å². The molecule has 1 N–H and O–H groups in total. The number of amides is 1. The summed E-state index contributed by atoms with van der Waals surface area (Å²) in [5.74, 6) is 1.24. The minimum absolute atomic E-state index is 0.107. The number of nitriles is 1. The quantitative estimate of drug-likeness (QED) is 0.328. The van der Waals surface area contributed by atoms with Crippen LogP contribution in [0.2, 0.25) is 0 Å². The molecule has 0 saturated heterocycles. The van der Waals surface area contributed by atoms with Gasteiger partial charge in [-0.25, -0.2) is 0 Å². The number of carbonyl (C=O) groups is 1. The molecular weight excluding hydrogens is 424 g/mol. The number of anilines is 1. The van der Waals surface area contributed by atoms with Crippen LogP contribution in [-0.4, -0.2) is 12.0 Å². The highest BCUT2D eigenvalue weighted by Gasteiger charge is 2.26. The lowest BCUT2D eigenvalue weighted by Gasteiger charge is -2.15. The Balaban J connectivity index is 1.63. The third-order valence-electron chi connectivity index (χ3n) is 5.58. The molecule has 5 nitrogen and oxygen atoms in total. The Morgan fingerprint density at radius 2 is 1.47 bits per heavy atom. The maximum absolute atomic E-state index is 12.9. The molecule has 0 fully saturated rings. The normalized spacial score (nSPS) is 11.6. The molecule has 1 aromatic heterocycles. The van der Waals surface area contributed by atoms with Gasteiger partial charge in [-0.2, -0.15) is 5.26 Å². The Hall–Kier alpha value is -4.30. The van der Waals surface area contributed by atoms with Crippen molar-refractivity contribution in [1.29, 1.82) is 5.26 Å². The van der Waals surface area contributed by atoms with E-state index in [0.717, 1.165) is 11.1 Å². The monoisotopic (exact) mass is 450 g/mol. The molecule has 0 bridgehead atoms. The van der Waals surface area contributed by atoms with Crippen molar-refractivity contribution in [2.24, 2.45) is 0 Å². The number of furan rings is 1. The maximum Gasteiger partial charge on any atom is 0.267 e.